The zero-order chi connectivity index (χ0) is 28.0. The minimum atomic E-state index is -1.31. The Labute approximate surface area is 220 Å². The van der Waals surface area contributed by atoms with Gasteiger partial charge >= 0.3 is 23.9 Å². The Morgan fingerprint density at radius 2 is 1.43 bits per heavy atom. The molecule has 0 spiro atoms. The number of aliphatic carboxylic acids is 1. The van der Waals surface area contributed by atoms with Gasteiger partial charge < -0.3 is 25.1 Å². The number of ether oxygens (including phenoxy) is 3. The molecule has 0 fully saturated rings. The number of unbranched alkanes of at least 4 members (excludes halogenated alkanes) is 2. The van der Waals surface area contributed by atoms with Crippen molar-refractivity contribution in [3.05, 3.63) is 23.8 Å². The summed E-state index contributed by atoms with van der Waals surface area (Å²) in [5.74, 6) is -3.31. The van der Waals surface area contributed by atoms with Gasteiger partial charge in [0, 0.05) is 25.2 Å². The minimum Gasteiger partial charge on any atom is -0.480 e. The van der Waals surface area contributed by atoms with Gasteiger partial charge in [0.05, 0.1) is 6.61 Å². The maximum atomic E-state index is 12.4. The lowest BCUT2D eigenvalue weighted by molar-refractivity contribution is -0.145. The van der Waals surface area contributed by atoms with Gasteiger partial charge in [-0.05, 0) is 48.8 Å². The van der Waals surface area contributed by atoms with E-state index in [-0.39, 0.29) is 43.3 Å². The highest BCUT2D eigenvalue weighted by Crippen LogP contribution is 2.36. The van der Waals surface area contributed by atoms with Crippen molar-refractivity contribution in [1.82, 2.24) is 0 Å². The molecule has 1 aromatic rings. The molecule has 208 valence electrons. The van der Waals surface area contributed by atoms with E-state index in [4.69, 9.17) is 19.9 Å². The summed E-state index contributed by atoms with van der Waals surface area (Å²) in [6.45, 7) is 9.64. The van der Waals surface area contributed by atoms with E-state index in [1.807, 2.05) is 27.7 Å². The first-order valence-electron chi connectivity index (χ1n) is 13.2. The van der Waals surface area contributed by atoms with Gasteiger partial charge in [-0.2, -0.15) is 0 Å². The van der Waals surface area contributed by atoms with Crippen molar-refractivity contribution in [3.63, 3.8) is 0 Å². The summed E-state index contributed by atoms with van der Waals surface area (Å²) in [7, 11) is 0. The Bertz CT molecular complexity index is 898. The highest BCUT2D eigenvalue weighted by molar-refractivity contribution is 5.77. The van der Waals surface area contributed by atoms with Gasteiger partial charge in [0.15, 0.2) is 11.5 Å². The fraction of sp³-hybridized carbons (Fsp3) is 0.643. The molecule has 3 atom stereocenters. The van der Waals surface area contributed by atoms with Crippen LogP contribution in [0.15, 0.2) is 18.2 Å². The molecule has 0 aliphatic carbocycles. The van der Waals surface area contributed by atoms with Gasteiger partial charge in [-0.15, -0.1) is 0 Å². The largest absolute Gasteiger partial charge is 0.480 e. The number of carboxylic acids is 1. The lowest BCUT2D eigenvalue weighted by Crippen LogP contribution is -2.40. The lowest BCUT2D eigenvalue weighted by Gasteiger charge is -2.28. The number of carbonyl (C=O) groups is 4. The van der Waals surface area contributed by atoms with Crippen molar-refractivity contribution >= 4 is 23.9 Å². The SMILES string of the molecule is CCCCC(=O)Oc1ccc(C(C(C)COC(=O)CCC(C)C)[C@H](N)C(=O)O)cc1OC(=O)CCCC. The monoisotopic (exact) mass is 521 g/mol. The summed E-state index contributed by atoms with van der Waals surface area (Å²) >= 11 is 0. The molecule has 1 aromatic carbocycles. The van der Waals surface area contributed by atoms with Crippen molar-refractivity contribution in [2.75, 3.05) is 6.61 Å². The molecule has 0 aliphatic heterocycles. The van der Waals surface area contributed by atoms with Crippen LogP contribution in [-0.2, 0) is 23.9 Å². The summed E-state index contributed by atoms with van der Waals surface area (Å²) in [4.78, 5) is 48.6. The first-order chi connectivity index (χ1) is 17.5. The van der Waals surface area contributed by atoms with Gasteiger partial charge in [-0.3, -0.25) is 19.2 Å². The number of nitrogens with two attached hydrogens (primary N) is 1. The van der Waals surface area contributed by atoms with Crippen molar-refractivity contribution < 1.29 is 38.5 Å². The zero-order valence-corrected chi connectivity index (χ0v) is 22.8. The topological polar surface area (TPSA) is 142 Å². The molecule has 0 saturated heterocycles. The van der Waals surface area contributed by atoms with Crippen LogP contribution in [0.25, 0.3) is 0 Å². The van der Waals surface area contributed by atoms with Crippen LogP contribution in [0.5, 0.6) is 11.5 Å². The molecule has 0 radical (unpaired) electrons. The van der Waals surface area contributed by atoms with Gasteiger partial charge in [-0.25, -0.2) is 0 Å². The molecular weight excluding hydrogens is 478 g/mol. The van der Waals surface area contributed by atoms with Crippen molar-refractivity contribution in [2.24, 2.45) is 17.6 Å². The molecule has 3 N–H and O–H groups in total. The Kier molecular flexibility index (Phi) is 14.5. The van der Waals surface area contributed by atoms with E-state index in [0.717, 1.165) is 12.8 Å². The highest BCUT2D eigenvalue weighted by Gasteiger charge is 2.32. The van der Waals surface area contributed by atoms with Crippen LogP contribution in [0.2, 0.25) is 0 Å². The molecule has 0 amide bonds. The summed E-state index contributed by atoms with van der Waals surface area (Å²) in [5.41, 5.74) is 6.52. The smallest absolute Gasteiger partial charge is 0.321 e. The number of carbonyl (C=O) groups excluding carboxylic acids is 3. The summed E-state index contributed by atoms with van der Waals surface area (Å²) in [5, 5.41) is 9.67. The molecule has 0 heterocycles. The first kappa shape index (κ1) is 32.1. The quantitative estimate of drug-likeness (QED) is 0.214. The lowest BCUT2D eigenvalue weighted by atomic mass is 9.82. The molecule has 0 bridgehead atoms. The summed E-state index contributed by atoms with van der Waals surface area (Å²) < 4.78 is 16.4. The molecule has 2 unspecified atom stereocenters. The average Bonchev–Trinajstić information content (AvgIpc) is 2.85. The van der Waals surface area contributed by atoms with Crippen LogP contribution in [-0.4, -0.2) is 41.6 Å². The predicted octanol–water partition coefficient (Wildman–Crippen LogP) is 4.99. The van der Waals surface area contributed by atoms with Crippen LogP contribution >= 0.6 is 0 Å². The fourth-order valence-electron chi connectivity index (χ4n) is 3.74. The second-order valence-electron chi connectivity index (χ2n) is 9.84. The Balaban J connectivity index is 3.25. The van der Waals surface area contributed by atoms with Crippen LogP contribution < -0.4 is 15.2 Å². The van der Waals surface area contributed by atoms with E-state index >= 15 is 0 Å². The number of hydrogen-bond donors (Lipinski definition) is 2. The van der Waals surface area contributed by atoms with Gasteiger partial charge in [0.1, 0.15) is 6.04 Å². The summed E-state index contributed by atoms with van der Waals surface area (Å²) in [6, 6.07) is 3.24. The van der Waals surface area contributed by atoms with E-state index < -0.39 is 35.8 Å². The molecule has 9 heteroatoms. The van der Waals surface area contributed by atoms with Gasteiger partial charge in [0.2, 0.25) is 0 Å². The third-order valence-electron chi connectivity index (χ3n) is 5.99. The van der Waals surface area contributed by atoms with Crippen LogP contribution in [0, 0.1) is 11.8 Å². The maximum absolute atomic E-state index is 12.4. The highest BCUT2D eigenvalue weighted by atomic mass is 16.6. The normalized spacial score (nSPS) is 13.5. The Morgan fingerprint density at radius 3 is 1.95 bits per heavy atom. The van der Waals surface area contributed by atoms with E-state index in [2.05, 4.69) is 0 Å². The Morgan fingerprint density at radius 1 is 0.865 bits per heavy atom. The fourth-order valence-corrected chi connectivity index (χ4v) is 3.74. The standard InChI is InChI=1S/C28H43NO8/c1-6-8-10-24(31)36-21-14-13-20(16-22(21)37-25(32)11-9-7-2)26(27(29)28(33)34)19(5)17-35-23(30)15-12-18(3)4/h13-14,16,18-19,26-27H,6-12,15,17,29H2,1-5H3,(H,33,34)/t19?,26?,27-/m0/s1. The van der Waals surface area contributed by atoms with Crippen LogP contribution in [0.1, 0.15) is 97.5 Å². The van der Waals surface area contributed by atoms with E-state index in [0.29, 0.717) is 30.7 Å². The van der Waals surface area contributed by atoms with E-state index in [1.165, 1.54) is 12.1 Å². The number of esters is 3. The second kappa shape index (κ2) is 16.7. The third kappa shape index (κ3) is 11.8. The number of hydrogen-bond acceptors (Lipinski definition) is 8. The second-order valence-corrected chi connectivity index (χ2v) is 9.84. The van der Waals surface area contributed by atoms with E-state index in [1.54, 1.807) is 13.0 Å². The average molecular weight is 522 g/mol. The minimum absolute atomic E-state index is 0.0205. The van der Waals surface area contributed by atoms with Crippen molar-refractivity contribution in [3.8, 4) is 11.5 Å². The van der Waals surface area contributed by atoms with Crippen molar-refractivity contribution in [1.29, 1.82) is 0 Å². The zero-order valence-electron chi connectivity index (χ0n) is 22.8. The predicted molar refractivity (Wildman–Crippen MR) is 139 cm³/mol. The van der Waals surface area contributed by atoms with Gasteiger partial charge in [0.25, 0.3) is 0 Å². The molecule has 1 rings (SSSR count). The molecule has 37 heavy (non-hydrogen) atoms. The molecule has 0 saturated carbocycles. The molecular formula is C28H43NO8. The van der Waals surface area contributed by atoms with Crippen LogP contribution in [0.4, 0.5) is 0 Å². The molecule has 0 aromatic heterocycles. The first-order valence-corrected chi connectivity index (χ1v) is 13.2. The molecule has 9 nitrogen and oxygen atoms in total. The number of rotatable bonds is 17. The number of benzene rings is 1. The third-order valence-corrected chi connectivity index (χ3v) is 5.99. The summed E-state index contributed by atoms with van der Waals surface area (Å²) in [6.07, 6.45) is 4.28. The van der Waals surface area contributed by atoms with Crippen LogP contribution in [0.3, 0.4) is 0 Å². The number of carboxylic acid groups (broad SMARTS) is 1. The Hall–Kier alpha value is -2.94. The van der Waals surface area contributed by atoms with E-state index in [9.17, 15) is 24.3 Å². The maximum Gasteiger partial charge on any atom is 0.321 e. The van der Waals surface area contributed by atoms with Gasteiger partial charge in [-0.1, -0.05) is 53.5 Å². The van der Waals surface area contributed by atoms with Crippen molar-refractivity contribution in [2.45, 2.75) is 97.9 Å². The molecule has 0 aliphatic rings.